The lowest BCUT2D eigenvalue weighted by Crippen LogP contribution is -2.48. The van der Waals surface area contributed by atoms with Crippen molar-refractivity contribution < 1.29 is 35.9 Å². The molecule has 0 bridgehead atoms. The van der Waals surface area contributed by atoms with Gasteiger partial charge in [-0.05, 0) is 43.5 Å². The smallest absolute Gasteiger partial charge is 0.433 e. The number of amides is 1. The molecule has 0 saturated carbocycles. The minimum absolute atomic E-state index is 0.0821. The van der Waals surface area contributed by atoms with Crippen LogP contribution in [0.4, 0.5) is 48.7 Å². The predicted octanol–water partition coefficient (Wildman–Crippen LogP) is 5.10. The number of pyridine rings is 2. The van der Waals surface area contributed by atoms with E-state index in [1.165, 1.54) is 24.1 Å². The molecule has 1 aliphatic rings. The summed E-state index contributed by atoms with van der Waals surface area (Å²) in [5.74, 6) is -0.722. The lowest BCUT2D eigenvalue weighted by molar-refractivity contribution is -0.141. The molecule has 1 fully saturated rings. The number of carbonyl (C=O) groups excluding carboxylic acids is 1. The van der Waals surface area contributed by atoms with Crippen LogP contribution in [0.15, 0.2) is 36.5 Å². The number of alkyl halides is 6. The van der Waals surface area contributed by atoms with Crippen molar-refractivity contribution in [2.24, 2.45) is 0 Å². The van der Waals surface area contributed by atoms with E-state index in [0.717, 1.165) is 37.2 Å². The Balaban J connectivity index is 1.73. The Kier molecular flexibility index (Phi) is 7.50. The zero-order valence-corrected chi connectivity index (χ0v) is 19.6. The standard InChI is InChI=1S/C22H20F6N8O2/c1-38-20(37)36-10-3-2-7-16(36)32-19-34-17(13-5-4-6-14(31-13)21(23,24)25)33-18(35-19)30-12-8-9-29-15(11-12)22(26,27)28/h4-6,8-9,11,16H,2-3,7,10H2,1H3,(H2,29,30,32,33,34,35). The van der Waals surface area contributed by atoms with Gasteiger partial charge in [0.05, 0.1) is 7.11 Å². The van der Waals surface area contributed by atoms with Crippen LogP contribution in [0, 0.1) is 0 Å². The van der Waals surface area contributed by atoms with Crippen molar-refractivity contribution in [1.82, 2.24) is 29.8 Å². The van der Waals surface area contributed by atoms with Gasteiger partial charge in [0, 0.05) is 18.4 Å². The highest BCUT2D eigenvalue weighted by Crippen LogP contribution is 2.31. The van der Waals surface area contributed by atoms with Crippen LogP contribution in [0.1, 0.15) is 30.7 Å². The summed E-state index contributed by atoms with van der Waals surface area (Å²) in [5, 5.41) is 5.54. The number of nitrogens with zero attached hydrogens (tertiary/aromatic N) is 6. The third-order valence-corrected chi connectivity index (χ3v) is 5.42. The van der Waals surface area contributed by atoms with E-state index in [1.54, 1.807) is 0 Å². The van der Waals surface area contributed by atoms with E-state index in [-0.39, 0.29) is 29.1 Å². The topological polar surface area (TPSA) is 118 Å². The molecule has 2 N–H and O–H groups in total. The minimum atomic E-state index is -4.74. The van der Waals surface area contributed by atoms with Gasteiger partial charge in [-0.25, -0.2) is 9.78 Å². The highest BCUT2D eigenvalue weighted by molar-refractivity contribution is 5.68. The molecule has 3 aromatic rings. The summed E-state index contributed by atoms with van der Waals surface area (Å²) in [6.45, 7) is 0.375. The summed E-state index contributed by atoms with van der Waals surface area (Å²) in [4.78, 5) is 32.8. The molecule has 16 heteroatoms. The first-order valence-electron chi connectivity index (χ1n) is 11.2. The van der Waals surface area contributed by atoms with Crippen LogP contribution in [0.3, 0.4) is 0 Å². The Morgan fingerprint density at radius 2 is 1.71 bits per heavy atom. The second-order valence-electron chi connectivity index (χ2n) is 8.08. The average molecular weight is 542 g/mol. The first kappa shape index (κ1) is 26.8. The molecule has 1 atom stereocenters. The molecule has 1 saturated heterocycles. The van der Waals surface area contributed by atoms with E-state index in [9.17, 15) is 31.1 Å². The van der Waals surface area contributed by atoms with Crippen LogP contribution in [0.5, 0.6) is 0 Å². The second kappa shape index (κ2) is 10.6. The maximum Gasteiger partial charge on any atom is 0.433 e. The molecule has 0 aromatic carbocycles. The molecular formula is C22H20F6N8O2. The zero-order chi connectivity index (χ0) is 27.5. The highest BCUT2D eigenvalue weighted by Gasteiger charge is 2.34. The number of nitrogens with one attached hydrogen (secondary N) is 2. The molecule has 4 rings (SSSR count). The first-order valence-corrected chi connectivity index (χ1v) is 11.2. The Labute approximate surface area is 211 Å². The molecular weight excluding hydrogens is 522 g/mol. The monoisotopic (exact) mass is 542 g/mol. The van der Waals surface area contributed by atoms with Crippen molar-refractivity contribution >= 4 is 23.7 Å². The van der Waals surface area contributed by atoms with Gasteiger partial charge in [0.2, 0.25) is 11.9 Å². The number of ether oxygens (including phenoxy) is 1. The summed E-state index contributed by atoms with van der Waals surface area (Å²) in [6, 6.07) is 5.09. The van der Waals surface area contributed by atoms with Gasteiger partial charge in [-0.3, -0.25) is 9.88 Å². The number of anilines is 3. The molecule has 0 radical (unpaired) electrons. The van der Waals surface area contributed by atoms with Crippen LogP contribution in [-0.2, 0) is 17.1 Å². The maximum absolute atomic E-state index is 13.2. The van der Waals surface area contributed by atoms with Crippen LogP contribution in [0.25, 0.3) is 11.5 Å². The Bertz CT molecular complexity index is 1300. The molecule has 1 amide bonds. The van der Waals surface area contributed by atoms with Gasteiger partial charge in [-0.15, -0.1) is 0 Å². The number of carbonyl (C=O) groups is 1. The number of aromatic nitrogens is 5. The summed E-state index contributed by atoms with van der Waals surface area (Å²) < 4.78 is 83.8. The quantitative estimate of drug-likeness (QED) is 0.425. The van der Waals surface area contributed by atoms with E-state index in [4.69, 9.17) is 4.74 Å². The van der Waals surface area contributed by atoms with Gasteiger partial charge >= 0.3 is 18.4 Å². The normalized spacial score (nSPS) is 16.2. The fourth-order valence-corrected chi connectivity index (χ4v) is 3.69. The predicted molar refractivity (Wildman–Crippen MR) is 121 cm³/mol. The fraction of sp³-hybridized carbons (Fsp3) is 0.364. The van der Waals surface area contributed by atoms with Crippen molar-refractivity contribution in [2.75, 3.05) is 24.3 Å². The number of likely N-dealkylation sites (tertiary alicyclic amines) is 1. The van der Waals surface area contributed by atoms with Gasteiger partial charge < -0.3 is 15.4 Å². The molecule has 0 aliphatic carbocycles. The van der Waals surface area contributed by atoms with E-state index < -0.39 is 36.0 Å². The second-order valence-corrected chi connectivity index (χ2v) is 8.08. The number of hydrogen-bond acceptors (Lipinski definition) is 9. The van der Waals surface area contributed by atoms with E-state index >= 15 is 0 Å². The molecule has 3 aromatic heterocycles. The van der Waals surface area contributed by atoms with Gasteiger partial charge in [0.15, 0.2) is 5.82 Å². The van der Waals surface area contributed by atoms with Crippen molar-refractivity contribution in [3.05, 3.63) is 47.9 Å². The Morgan fingerprint density at radius 1 is 0.974 bits per heavy atom. The van der Waals surface area contributed by atoms with Gasteiger partial charge in [-0.1, -0.05) is 6.07 Å². The van der Waals surface area contributed by atoms with Crippen molar-refractivity contribution in [3.63, 3.8) is 0 Å². The largest absolute Gasteiger partial charge is 0.453 e. The summed E-state index contributed by atoms with van der Waals surface area (Å²) in [5.41, 5.74) is -2.70. The molecule has 1 unspecified atom stereocenters. The fourth-order valence-electron chi connectivity index (χ4n) is 3.69. The van der Waals surface area contributed by atoms with Crippen LogP contribution in [0.2, 0.25) is 0 Å². The molecule has 4 heterocycles. The van der Waals surface area contributed by atoms with Crippen LogP contribution >= 0.6 is 0 Å². The van der Waals surface area contributed by atoms with Crippen molar-refractivity contribution in [3.8, 4) is 11.5 Å². The number of rotatable bonds is 5. The third-order valence-electron chi connectivity index (χ3n) is 5.42. The molecule has 0 spiro atoms. The molecule has 202 valence electrons. The van der Waals surface area contributed by atoms with Crippen LogP contribution < -0.4 is 10.6 Å². The molecule has 1 aliphatic heterocycles. The zero-order valence-electron chi connectivity index (χ0n) is 19.6. The van der Waals surface area contributed by atoms with Crippen LogP contribution in [-0.4, -0.2) is 55.7 Å². The average Bonchev–Trinajstić information content (AvgIpc) is 2.88. The number of methoxy groups -OCH3 is 1. The van der Waals surface area contributed by atoms with E-state index in [1.807, 2.05) is 0 Å². The maximum atomic E-state index is 13.2. The number of piperidine rings is 1. The molecule has 10 nitrogen and oxygen atoms in total. The summed E-state index contributed by atoms with van der Waals surface area (Å²) in [7, 11) is 1.22. The van der Waals surface area contributed by atoms with Gasteiger partial charge in [-0.2, -0.15) is 41.3 Å². The van der Waals surface area contributed by atoms with Crippen molar-refractivity contribution in [1.29, 1.82) is 0 Å². The number of hydrogen-bond donors (Lipinski definition) is 2. The minimum Gasteiger partial charge on any atom is -0.453 e. The SMILES string of the molecule is COC(=O)N1CCCCC1Nc1nc(Nc2ccnc(C(F)(F)F)c2)nc(-c2cccc(C(F)(F)F)n2)n1. The van der Waals surface area contributed by atoms with Crippen molar-refractivity contribution in [2.45, 2.75) is 37.8 Å². The lowest BCUT2D eigenvalue weighted by Gasteiger charge is -2.34. The highest BCUT2D eigenvalue weighted by atomic mass is 19.4. The molecule has 38 heavy (non-hydrogen) atoms. The van der Waals surface area contributed by atoms with E-state index in [2.05, 4.69) is 35.6 Å². The Hall–Kier alpha value is -4.24. The summed E-state index contributed by atoms with van der Waals surface area (Å²) in [6.07, 6.45) is -7.79. The number of halogens is 6. The van der Waals surface area contributed by atoms with Gasteiger partial charge in [0.25, 0.3) is 0 Å². The van der Waals surface area contributed by atoms with E-state index in [0.29, 0.717) is 13.0 Å². The first-order chi connectivity index (χ1) is 17.9. The lowest BCUT2D eigenvalue weighted by atomic mass is 10.1. The van der Waals surface area contributed by atoms with Gasteiger partial charge in [0.1, 0.15) is 23.2 Å². The summed E-state index contributed by atoms with van der Waals surface area (Å²) >= 11 is 0. The Morgan fingerprint density at radius 3 is 2.42 bits per heavy atom. The third kappa shape index (κ3) is 6.36.